The van der Waals surface area contributed by atoms with E-state index in [1.54, 1.807) is 24.3 Å². The Bertz CT molecular complexity index is 649. The van der Waals surface area contributed by atoms with Crippen molar-refractivity contribution in [2.75, 3.05) is 23.4 Å². The molecule has 0 aromatic heterocycles. The van der Waals surface area contributed by atoms with Gasteiger partial charge in [-0.1, -0.05) is 6.07 Å². The summed E-state index contributed by atoms with van der Waals surface area (Å²) in [5.74, 6) is -0.164. The first-order valence-corrected chi connectivity index (χ1v) is 8.04. The molecule has 0 saturated carbocycles. The molecule has 1 fully saturated rings. The molecule has 1 heterocycles. The highest BCUT2D eigenvalue weighted by Gasteiger charge is 2.25. The van der Waals surface area contributed by atoms with E-state index in [-0.39, 0.29) is 29.9 Å². The Morgan fingerprint density at radius 3 is 3.00 bits per heavy atom. The van der Waals surface area contributed by atoms with E-state index in [9.17, 15) is 13.2 Å². The molecule has 0 bridgehead atoms. The van der Waals surface area contributed by atoms with Gasteiger partial charge in [-0.15, -0.1) is 0 Å². The van der Waals surface area contributed by atoms with Crippen LogP contribution in [0.1, 0.15) is 12.0 Å². The topological polar surface area (TPSA) is 99.1 Å². The smallest absolute Gasteiger partial charge is 0.225 e. The fourth-order valence-corrected chi connectivity index (χ4v) is 3.55. The Labute approximate surface area is 117 Å². The van der Waals surface area contributed by atoms with Crippen LogP contribution in [-0.4, -0.2) is 38.4 Å². The number of anilines is 1. The van der Waals surface area contributed by atoms with Gasteiger partial charge in [-0.2, -0.15) is 5.26 Å². The Morgan fingerprint density at radius 2 is 2.30 bits per heavy atom. The molecule has 7 heteroatoms. The predicted molar refractivity (Wildman–Crippen MR) is 74.8 cm³/mol. The van der Waals surface area contributed by atoms with Crippen LogP contribution in [0.3, 0.4) is 0 Å². The second-order valence-electron chi connectivity index (χ2n) is 4.71. The molecule has 0 radical (unpaired) electrons. The quantitative estimate of drug-likeness (QED) is 0.833. The van der Waals surface area contributed by atoms with Crippen molar-refractivity contribution in [2.45, 2.75) is 12.5 Å². The highest BCUT2D eigenvalue weighted by Crippen LogP contribution is 2.11. The van der Waals surface area contributed by atoms with E-state index in [1.165, 1.54) is 0 Å². The maximum atomic E-state index is 11.9. The van der Waals surface area contributed by atoms with Crippen molar-refractivity contribution in [3.8, 4) is 6.07 Å². The van der Waals surface area contributed by atoms with E-state index in [0.29, 0.717) is 17.8 Å². The third kappa shape index (κ3) is 4.05. The van der Waals surface area contributed by atoms with Crippen LogP contribution in [0.25, 0.3) is 0 Å². The van der Waals surface area contributed by atoms with E-state index in [1.807, 2.05) is 6.07 Å². The summed E-state index contributed by atoms with van der Waals surface area (Å²) in [6, 6.07) is 8.21. The van der Waals surface area contributed by atoms with Gasteiger partial charge in [0.2, 0.25) is 5.91 Å². The average molecular weight is 293 g/mol. The van der Waals surface area contributed by atoms with Gasteiger partial charge in [-0.3, -0.25) is 4.79 Å². The van der Waals surface area contributed by atoms with Gasteiger partial charge >= 0.3 is 0 Å². The molecule has 2 N–H and O–H groups in total. The standard InChI is InChI=1S/C13H15N3O3S/c14-8-10-2-1-3-11(6-10)16-13(17)7-12-9-20(18,19)5-4-15-12/h1-3,6,12,15H,4-5,7,9H2,(H,16,17). The Kier molecular flexibility index (Phi) is 4.37. The first kappa shape index (κ1) is 14.5. The molecular formula is C13H15N3O3S. The van der Waals surface area contributed by atoms with Crippen molar-refractivity contribution < 1.29 is 13.2 Å². The molecule has 1 aliphatic rings. The van der Waals surface area contributed by atoms with Gasteiger partial charge in [0.05, 0.1) is 23.1 Å². The van der Waals surface area contributed by atoms with E-state index in [2.05, 4.69) is 10.6 Å². The van der Waals surface area contributed by atoms with Gasteiger partial charge in [0, 0.05) is 24.7 Å². The van der Waals surface area contributed by atoms with Gasteiger partial charge in [0.1, 0.15) is 0 Å². The molecule has 0 aliphatic carbocycles. The van der Waals surface area contributed by atoms with Crippen LogP contribution in [0.15, 0.2) is 24.3 Å². The number of hydrogen-bond donors (Lipinski definition) is 2. The van der Waals surface area contributed by atoms with Crippen molar-refractivity contribution in [3.63, 3.8) is 0 Å². The predicted octanol–water partition coefficient (Wildman–Crippen LogP) is 0.273. The third-order valence-corrected chi connectivity index (χ3v) is 4.74. The normalized spacial score (nSPS) is 20.9. The summed E-state index contributed by atoms with van der Waals surface area (Å²) in [5, 5.41) is 14.5. The zero-order valence-corrected chi connectivity index (χ0v) is 11.6. The molecule has 1 aromatic rings. The second kappa shape index (κ2) is 6.03. The molecule has 0 spiro atoms. The first-order chi connectivity index (χ1) is 9.48. The van der Waals surface area contributed by atoms with Crippen LogP contribution in [0, 0.1) is 11.3 Å². The number of hydrogen-bond acceptors (Lipinski definition) is 5. The van der Waals surface area contributed by atoms with E-state index < -0.39 is 9.84 Å². The Balaban J connectivity index is 1.94. The molecule has 1 aliphatic heterocycles. The number of carbonyl (C=O) groups is 1. The third-order valence-electron chi connectivity index (χ3n) is 3.01. The number of nitrogens with one attached hydrogen (secondary N) is 2. The second-order valence-corrected chi connectivity index (χ2v) is 6.94. The van der Waals surface area contributed by atoms with Crippen molar-refractivity contribution >= 4 is 21.4 Å². The molecular weight excluding hydrogens is 278 g/mol. The van der Waals surface area contributed by atoms with Crippen LogP contribution in [0.5, 0.6) is 0 Å². The van der Waals surface area contributed by atoms with E-state index >= 15 is 0 Å². The van der Waals surface area contributed by atoms with Crippen LogP contribution < -0.4 is 10.6 Å². The highest BCUT2D eigenvalue weighted by molar-refractivity contribution is 7.91. The summed E-state index contributed by atoms with van der Waals surface area (Å²) in [4.78, 5) is 11.9. The molecule has 1 aromatic carbocycles. The summed E-state index contributed by atoms with van der Waals surface area (Å²) in [6.45, 7) is 0.379. The lowest BCUT2D eigenvalue weighted by Crippen LogP contribution is -2.46. The van der Waals surface area contributed by atoms with E-state index in [4.69, 9.17) is 5.26 Å². The summed E-state index contributed by atoms with van der Waals surface area (Å²) in [5.41, 5.74) is 0.994. The number of sulfone groups is 1. The highest BCUT2D eigenvalue weighted by atomic mass is 32.2. The maximum Gasteiger partial charge on any atom is 0.225 e. The van der Waals surface area contributed by atoms with Gasteiger partial charge in [-0.25, -0.2) is 8.42 Å². The zero-order valence-electron chi connectivity index (χ0n) is 10.8. The SMILES string of the molecule is N#Cc1cccc(NC(=O)CC2CS(=O)(=O)CCN2)c1. The monoisotopic (exact) mass is 293 g/mol. The number of nitriles is 1. The minimum atomic E-state index is -3.05. The lowest BCUT2D eigenvalue weighted by molar-refractivity contribution is -0.116. The number of rotatable bonds is 3. The van der Waals surface area contributed by atoms with Crippen LogP contribution >= 0.6 is 0 Å². The Hall–Kier alpha value is -1.91. The lowest BCUT2D eigenvalue weighted by Gasteiger charge is -2.23. The average Bonchev–Trinajstić information content (AvgIpc) is 2.37. The van der Waals surface area contributed by atoms with Crippen molar-refractivity contribution in [1.29, 1.82) is 5.26 Å². The summed E-state index contributed by atoms with van der Waals surface area (Å²) >= 11 is 0. The van der Waals surface area contributed by atoms with Gasteiger partial charge in [-0.05, 0) is 18.2 Å². The van der Waals surface area contributed by atoms with Gasteiger partial charge < -0.3 is 10.6 Å². The van der Waals surface area contributed by atoms with Crippen LogP contribution in [-0.2, 0) is 14.6 Å². The molecule has 106 valence electrons. The number of amides is 1. The Morgan fingerprint density at radius 1 is 1.50 bits per heavy atom. The van der Waals surface area contributed by atoms with Crippen molar-refractivity contribution in [3.05, 3.63) is 29.8 Å². The molecule has 6 nitrogen and oxygen atoms in total. The summed E-state index contributed by atoms with van der Waals surface area (Å²) < 4.78 is 23.0. The zero-order chi connectivity index (χ0) is 14.6. The van der Waals surface area contributed by atoms with Gasteiger partial charge in [0.15, 0.2) is 9.84 Å². The first-order valence-electron chi connectivity index (χ1n) is 6.22. The number of carbonyl (C=O) groups excluding carboxylic acids is 1. The minimum absolute atomic E-state index is 0.0152. The van der Waals surface area contributed by atoms with Crippen LogP contribution in [0.2, 0.25) is 0 Å². The fraction of sp³-hybridized carbons (Fsp3) is 0.385. The van der Waals surface area contributed by atoms with E-state index in [0.717, 1.165) is 0 Å². The van der Waals surface area contributed by atoms with Crippen molar-refractivity contribution in [1.82, 2.24) is 5.32 Å². The lowest BCUT2D eigenvalue weighted by atomic mass is 10.2. The minimum Gasteiger partial charge on any atom is -0.326 e. The number of benzene rings is 1. The summed E-state index contributed by atoms with van der Waals surface area (Å²) in [7, 11) is -3.05. The fourth-order valence-electron chi connectivity index (χ4n) is 2.10. The van der Waals surface area contributed by atoms with Crippen LogP contribution in [0.4, 0.5) is 5.69 Å². The molecule has 1 saturated heterocycles. The molecule has 1 unspecified atom stereocenters. The summed E-state index contributed by atoms with van der Waals surface area (Å²) in [6.07, 6.45) is 0.0933. The van der Waals surface area contributed by atoms with Gasteiger partial charge in [0.25, 0.3) is 0 Å². The number of nitrogens with zero attached hydrogens (tertiary/aromatic N) is 1. The largest absolute Gasteiger partial charge is 0.326 e. The molecule has 20 heavy (non-hydrogen) atoms. The molecule has 1 atom stereocenters. The molecule has 1 amide bonds. The molecule has 2 rings (SSSR count). The van der Waals surface area contributed by atoms with Crippen molar-refractivity contribution in [2.24, 2.45) is 0 Å². The maximum absolute atomic E-state index is 11.9.